The molecule has 1 saturated carbocycles. The van der Waals surface area contributed by atoms with Crippen molar-refractivity contribution in [1.29, 1.82) is 0 Å². The van der Waals surface area contributed by atoms with Crippen LogP contribution in [0.4, 0.5) is 0 Å². The first-order chi connectivity index (χ1) is 4.97. The van der Waals surface area contributed by atoms with Crippen LogP contribution in [0, 0.1) is 18.6 Å². The highest BCUT2D eigenvalue weighted by molar-refractivity contribution is 7.87. The molecule has 3 nitrogen and oxygen atoms in total. The third kappa shape index (κ3) is 2.79. The summed E-state index contributed by atoms with van der Waals surface area (Å²) in [5.74, 6) is 0. The predicted octanol–water partition coefficient (Wildman–Crippen LogP) is 0.883. The van der Waals surface area contributed by atoms with E-state index in [1.54, 1.807) is 0 Å². The Balaban J connectivity index is 2.33. The van der Waals surface area contributed by atoms with Crippen molar-refractivity contribution >= 4 is 10.1 Å². The molecule has 0 atom stereocenters. The van der Waals surface area contributed by atoms with Crippen LogP contribution in [0.25, 0.3) is 0 Å². The third-order valence-corrected chi connectivity index (χ3v) is 2.37. The molecule has 1 aliphatic rings. The Morgan fingerprint density at radius 1 is 1.45 bits per heavy atom. The summed E-state index contributed by atoms with van der Waals surface area (Å²) in [6.45, 7) is 5.51. The third-order valence-electron chi connectivity index (χ3n) is 1.92. The molecular formula is C7H10O3S. The zero-order chi connectivity index (χ0) is 8.54. The van der Waals surface area contributed by atoms with Crippen LogP contribution in [0.1, 0.15) is 19.3 Å². The van der Waals surface area contributed by atoms with Gasteiger partial charge in [-0.2, -0.15) is 8.42 Å². The van der Waals surface area contributed by atoms with Crippen LogP contribution in [0.15, 0.2) is 0 Å². The average Bonchev–Trinajstić information content (AvgIpc) is 2.63. The summed E-state index contributed by atoms with van der Waals surface area (Å²) in [6, 6.07) is 0. The monoisotopic (exact) mass is 174 g/mol. The van der Waals surface area contributed by atoms with Crippen LogP contribution in [0.3, 0.4) is 0 Å². The highest BCUT2D eigenvalue weighted by Crippen LogP contribution is 2.48. The molecule has 11 heavy (non-hydrogen) atoms. The topological polar surface area (TPSA) is 43.4 Å². The lowest BCUT2D eigenvalue weighted by Gasteiger charge is -2.09. The first-order valence-electron chi connectivity index (χ1n) is 3.35. The van der Waals surface area contributed by atoms with Crippen LogP contribution in [0.2, 0.25) is 0 Å². The van der Waals surface area contributed by atoms with E-state index in [9.17, 15) is 8.42 Å². The Morgan fingerprint density at radius 2 is 2.00 bits per heavy atom. The normalized spacial score (nSPS) is 21.6. The predicted molar refractivity (Wildman–Crippen MR) is 39.8 cm³/mol. The summed E-state index contributed by atoms with van der Waals surface area (Å²) in [6.07, 6.45) is 6.95. The Kier molecular flexibility index (Phi) is 2.25. The molecule has 0 aromatic rings. The summed E-state index contributed by atoms with van der Waals surface area (Å²) < 4.78 is 25.1. The number of hydrogen-bond donors (Lipinski definition) is 0. The molecule has 4 radical (unpaired) electrons. The van der Waals surface area contributed by atoms with Gasteiger partial charge in [0.25, 0.3) is 10.1 Å². The van der Waals surface area contributed by atoms with E-state index in [0.29, 0.717) is 6.42 Å². The Labute approximate surface area is 67.9 Å². The highest BCUT2D eigenvalue weighted by Gasteiger charge is 2.41. The summed E-state index contributed by atoms with van der Waals surface area (Å²) in [4.78, 5) is 0. The lowest BCUT2D eigenvalue weighted by molar-refractivity contribution is 0.244. The van der Waals surface area contributed by atoms with E-state index in [1.165, 1.54) is 0 Å². The van der Waals surface area contributed by atoms with E-state index in [4.69, 9.17) is 6.92 Å². The first kappa shape index (κ1) is 9.00. The van der Waals surface area contributed by atoms with Gasteiger partial charge < -0.3 is 0 Å². The minimum absolute atomic E-state index is 0.105. The summed E-state index contributed by atoms with van der Waals surface area (Å²) in [5, 5.41) is 0. The second-order valence-corrected chi connectivity index (χ2v) is 4.18. The molecule has 0 aliphatic heterocycles. The van der Waals surface area contributed by atoms with Crippen molar-refractivity contribution < 1.29 is 12.6 Å². The molecule has 62 valence electrons. The van der Waals surface area contributed by atoms with Crippen molar-refractivity contribution in [2.45, 2.75) is 19.3 Å². The van der Waals surface area contributed by atoms with E-state index >= 15 is 0 Å². The molecule has 1 rings (SSSR count). The van der Waals surface area contributed by atoms with E-state index < -0.39 is 10.1 Å². The molecule has 0 heterocycles. The molecule has 0 aromatic carbocycles. The van der Waals surface area contributed by atoms with Crippen molar-refractivity contribution in [3.63, 3.8) is 0 Å². The van der Waals surface area contributed by atoms with Gasteiger partial charge in [-0.05, 0) is 31.6 Å². The Hall–Kier alpha value is -0.0900. The van der Waals surface area contributed by atoms with Crippen molar-refractivity contribution in [2.24, 2.45) is 5.41 Å². The Morgan fingerprint density at radius 3 is 2.27 bits per heavy atom. The smallest absolute Gasteiger partial charge is 0.269 e. The minimum atomic E-state index is -3.78. The maximum Gasteiger partial charge on any atom is 0.273 e. The molecule has 1 aliphatic carbocycles. The number of rotatable bonds is 4. The van der Waals surface area contributed by atoms with E-state index in [2.05, 4.69) is 10.4 Å². The fourth-order valence-electron chi connectivity index (χ4n) is 0.791. The molecule has 0 spiro atoms. The van der Waals surface area contributed by atoms with Crippen LogP contribution in [-0.4, -0.2) is 15.0 Å². The van der Waals surface area contributed by atoms with E-state index in [1.807, 2.05) is 0 Å². The van der Waals surface area contributed by atoms with E-state index in [-0.39, 0.29) is 12.0 Å². The van der Waals surface area contributed by atoms with Gasteiger partial charge in [-0.3, -0.25) is 4.18 Å². The van der Waals surface area contributed by atoms with Crippen molar-refractivity contribution in [2.75, 3.05) is 6.61 Å². The molecular weight excluding hydrogens is 164 g/mol. The Bertz CT molecular complexity index is 226. The van der Waals surface area contributed by atoms with E-state index in [0.717, 1.165) is 12.8 Å². The quantitative estimate of drug-likeness (QED) is 0.594. The van der Waals surface area contributed by atoms with Gasteiger partial charge in [0.1, 0.15) is 6.26 Å². The van der Waals surface area contributed by atoms with Gasteiger partial charge in [0.15, 0.2) is 0 Å². The molecule has 0 unspecified atom stereocenters. The van der Waals surface area contributed by atoms with Crippen molar-refractivity contribution in [1.82, 2.24) is 0 Å². The fraction of sp³-hybridized carbons (Fsp3) is 0.714. The van der Waals surface area contributed by atoms with Crippen molar-refractivity contribution in [3.8, 4) is 0 Å². The molecule has 0 amide bonds. The molecule has 0 bridgehead atoms. The zero-order valence-electron chi connectivity index (χ0n) is 6.12. The minimum Gasteiger partial charge on any atom is -0.269 e. The summed E-state index contributed by atoms with van der Waals surface area (Å²) in [7, 11) is -3.78. The molecule has 0 aromatic heterocycles. The summed E-state index contributed by atoms with van der Waals surface area (Å²) >= 11 is 0. The fourth-order valence-corrected chi connectivity index (χ4v) is 1.21. The van der Waals surface area contributed by atoms with Gasteiger partial charge in [0.05, 0.1) is 6.61 Å². The lowest BCUT2D eigenvalue weighted by Crippen LogP contribution is -2.12. The van der Waals surface area contributed by atoms with Gasteiger partial charge in [-0.25, -0.2) is 0 Å². The lowest BCUT2D eigenvalue weighted by atomic mass is 10.1. The van der Waals surface area contributed by atoms with Gasteiger partial charge in [-0.1, -0.05) is 0 Å². The van der Waals surface area contributed by atoms with Gasteiger partial charge in [0.2, 0.25) is 0 Å². The van der Waals surface area contributed by atoms with Crippen LogP contribution in [0.5, 0.6) is 0 Å². The van der Waals surface area contributed by atoms with Crippen LogP contribution in [-0.2, 0) is 14.3 Å². The standard InChI is InChI=1S/C7H10O3S/c1-3-7(4-5-7)6-10-11(2,8)9/h1-2H,3-6H2. The number of hydrogen-bond acceptors (Lipinski definition) is 3. The summed E-state index contributed by atoms with van der Waals surface area (Å²) in [5.41, 5.74) is -0.105. The maximum atomic E-state index is 10.3. The highest BCUT2D eigenvalue weighted by atomic mass is 32.2. The zero-order valence-corrected chi connectivity index (χ0v) is 6.93. The van der Waals surface area contributed by atoms with Crippen molar-refractivity contribution in [3.05, 3.63) is 13.2 Å². The first-order valence-corrected chi connectivity index (χ1v) is 4.82. The van der Waals surface area contributed by atoms with Crippen LogP contribution < -0.4 is 0 Å². The SMILES string of the molecule is [CH]CC1(COS([CH])(=O)=O)CC1. The van der Waals surface area contributed by atoms with Gasteiger partial charge in [0, 0.05) is 0 Å². The average molecular weight is 174 g/mol. The van der Waals surface area contributed by atoms with Crippen LogP contribution >= 0.6 is 0 Å². The molecule has 0 saturated heterocycles. The molecule has 4 heteroatoms. The second-order valence-electron chi connectivity index (χ2n) is 2.96. The van der Waals surface area contributed by atoms with Gasteiger partial charge >= 0.3 is 0 Å². The largest absolute Gasteiger partial charge is 0.273 e. The molecule has 1 fully saturated rings. The second kappa shape index (κ2) is 2.75. The van der Waals surface area contributed by atoms with Gasteiger partial charge in [-0.15, -0.1) is 0 Å². The molecule has 0 N–H and O–H groups in total. The maximum absolute atomic E-state index is 10.3.